The van der Waals surface area contributed by atoms with Crippen molar-refractivity contribution in [3.05, 3.63) is 42.5 Å². The zero-order valence-electron chi connectivity index (χ0n) is 8.90. The summed E-state index contributed by atoms with van der Waals surface area (Å²) in [6.07, 6.45) is 2.63. The molecule has 0 saturated heterocycles. The van der Waals surface area contributed by atoms with Gasteiger partial charge in [0, 0.05) is 4.83 Å². The fourth-order valence-corrected chi connectivity index (χ4v) is 2.86. The van der Waals surface area contributed by atoms with Gasteiger partial charge in [-0.1, -0.05) is 46.3 Å². The molecule has 0 atom stereocenters. The van der Waals surface area contributed by atoms with Crippen LogP contribution in [0, 0.1) is 0 Å². The molecule has 0 unspecified atom stereocenters. The van der Waals surface area contributed by atoms with Crippen molar-refractivity contribution in [1.82, 2.24) is 0 Å². The average Bonchev–Trinajstić information content (AvgIpc) is 2.27. The lowest BCUT2D eigenvalue weighted by molar-refractivity contribution is 0.128. The van der Waals surface area contributed by atoms with Gasteiger partial charge in [-0.2, -0.15) is 0 Å². The van der Waals surface area contributed by atoms with Crippen LogP contribution in [0.25, 0.3) is 10.8 Å². The summed E-state index contributed by atoms with van der Waals surface area (Å²) in [5.74, 6) is 0.989. The highest BCUT2D eigenvalue weighted by Crippen LogP contribution is 2.31. The lowest BCUT2D eigenvalue weighted by atomic mass is 9.96. The van der Waals surface area contributed by atoms with Crippen molar-refractivity contribution in [2.24, 2.45) is 0 Å². The summed E-state index contributed by atoms with van der Waals surface area (Å²) in [4.78, 5) is 0.651. The van der Waals surface area contributed by atoms with Crippen LogP contribution in [0.15, 0.2) is 42.5 Å². The summed E-state index contributed by atoms with van der Waals surface area (Å²) in [6.45, 7) is 0. The molecule has 0 spiro atoms. The minimum Gasteiger partial charge on any atom is -0.490 e. The summed E-state index contributed by atoms with van der Waals surface area (Å²) < 4.78 is 5.90. The molecule has 0 heterocycles. The SMILES string of the molecule is BrC1CC(Oc2ccc3ccccc3c2)C1. The van der Waals surface area contributed by atoms with Crippen molar-refractivity contribution in [2.75, 3.05) is 0 Å². The first-order chi connectivity index (χ1) is 7.81. The Morgan fingerprint density at radius 2 is 1.75 bits per heavy atom. The monoisotopic (exact) mass is 276 g/mol. The molecule has 2 aromatic rings. The first-order valence-corrected chi connectivity index (χ1v) is 6.52. The second kappa shape index (κ2) is 4.10. The molecule has 16 heavy (non-hydrogen) atoms. The Hall–Kier alpha value is -1.02. The number of benzene rings is 2. The summed E-state index contributed by atoms with van der Waals surface area (Å²) in [7, 11) is 0. The molecule has 1 nitrogen and oxygen atoms in total. The Morgan fingerprint density at radius 3 is 2.50 bits per heavy atom. The van der Waals surface area contributed by atoms with E-state index in [-0.39, 0.29) is 0 Å². The highest BCUT2D eigenvalue weighted by Gasteiger charge is 2.28. The molecule has 0 amide bonds. The van der Waals surface area contributed by atoms with E-state index in [1.165, 1.54) is 10.8 Å². The lowest BCUT2D eigenvalue weighted by Crippen LogP contribution is -2.33. The van der Waals surface area contributed by atoms with Crippen molar-refractivity contribution in [2.45, 2.75) is 23.8 Å². The molecule has 1 aliphatic rings. The number of ether oxygens (including phenoxy) is 1. The molecule has 1 fully saturated rings. The van der Waals surface area contributed by atoms with E-state index in [2.05, 4.69) is 58.4 Å². The molecular formula is C14H13BrO. The topological polar surface area (TPSA) is 9.23 Å². The van der Waals surface area contributed by atoms with Gasteiger partial charge in [0.1, 0.15) is 11.9 Å². The van der Waals surface area contributed by atoms with E-state index in [4.69, 9.17) is 4.74 Å². The first kappa shape index (κ1) is 10.2. The van der Waals surface area contributed by atoms with Crippen LogP contribution in [-0.4, -0.2) is 10.9 Å². The molecule has 0 bridgehead atoms. The van der Waals surface area contributed by atoms with E-state index in [1.807, 2.05) is 0 Å². The fraction of sp³-hybridized carbons (Fsp3) is 0.286. The average molecular weight is 277 g/mol. The van der Waals surface area contributed by atoms with Gasteiger partial charge in [-0.15, -0.1) is 0 Å². The standard InChI is InChI=1S/C14H13BrO/c15-12-8-14(9-12)16-13-6-5-10-3-1-2-4-11(10)7-13/h1-7,12,14H,8-9H2. The molecular weight excluding hydrogens is 264 g/mol. The zero-order chi connectivity index (χ0) is 11.0. The predicted molar refractivity (Wildman–Crippen MR) is 70.3 cm³/mol. The Bertz CT molecular complexity index is 503. The van der Waals surface area contributed by atoms with Crippen LogP contribution in [0.3, 0.4) is 0 Å². The van der Waals surface area contributed by atoms with Gasteiger partial charge >= 0.3 is 0 Å². The lowest BCUT2D eigenvalue weighted by Gasteiger charge is -2.31. The van der Waals surface area contributed by atoms with Gasteiger partial charge in [0.05, 0.1) is 0 Å². The minimum atomic E-state index is 0.394. The number of hydrogen-bond donors (Lipinski definition) is 0. The molecule has 1 saturated carbocycles. The smallest absolute Gasteiger partial charge is 0.120 e. The fourth-order valence-electron chi connectivity index (χ4n) is 2.03. The van der Waals surface area contributed by atoms with Gasteiger partial charge < -0.3 is 4.74 Å². The van der Waals surface area contributed by atoms with Crippen LogP contribution in [-0.2, 0) is 0 Å². The van der Waals surface area contributed by atoms with Gasteiger partial charge in [-0.3, -0.25) is 0 Å². The third-order valence-electron chi connectivity index (χ3n) is 3.06. The second-order valence-corrected chi connectivity index (χ2v) is 5.61. The zero-order valence-corrected chi connectivity index (χ0v) is 10.5. The number of hydrogen-bond acceptors (Lipinski definition) is 1. The molecule has 0 aliphatic heterocycles. The third-order valence-corrected chi connectivity index (χ3v) is 3.81. The number of halogens is 1. The Labute approximate surface area is 104 Å². The second-order valence-electron chi connectivity index (χ2n) is 4.32. The van der Waals surface area contributed by atoms with Gasteiger partial charge in [-0.25, -0.2) is 0 Å². The summed E-state index contributed by atoms with van der Waals surface area (Å²) in [5, 5.41) is 2.51. The van der Waals surface area contributed by atoms with E-state index in [9.17, 15) is 0 Å². The maximum Gasteiger partial charge on any atom is 0.120 e. The van der Waals surface area contributed by atoms with Crippen molar-refractivity contribution >= 4 is 26.7 Å². The normalized spacial score (nSPS) is 24.1. The van der Waals surface area contributed by atoms with Crippen LogP contribution in [0.5, 0.6) is 5.75 Å². The van der Waals surface area contributed by atoms with E-state index in [0.717, 1.165) is 18.6 Å². The van der Waals surface area contributed by atoms with E-state index in [0.29, 0.717) is 10.9 Å². The van der Waals surface area contributed by atoms with Gasteiger partial charge in [-0.05, 0) is 35.7 Å². The Morgan fingerprint density at radius 1 is 1.00 bits per heavy atom. The van der Waals surface area contributed by atoms with E-state index in [1.54, 1.807) is 0 Å². The summed E-state index contributed by atoms with van der Waals surface area (Å²) >= 11 is 3.57. The number of fused-ring (bicyclic) bond motifs is 1. The summed E-state index contributed by atoms with van der Waals surface area (Å²) in [6, 6.07) is 14.7. The predicted octanol–water partition coefficient (Wildman–Crippen LogP) is 4.14. The van der Waals surface area contributed by atoms with E-state index < -0.39 is 0 Å². The molecule has 2 heteroatoms. The maximum absolute atomic E-state index is 5.90. The highest BCUT2D eigenvalue weighted by molar-refractivity contribution is 9.09. The first-order valence-electron chi connectivity index (χ1n) is 5.61. The van der Waals surface area contributed by atoms with Crippen molar-refractivity contribution in [3.63, 3.8) is 0 Å². The molecule has 3 rings (SSSR count). The molecule has 1 aliphatic carbocycles. The molecule has 0 N–H and O–H groups in total. The van der Waals surface area contributed by atoms with Crippen molar-refractivity contribution in [3.8, 4) is 5.75 Å². The van der Waals surface area contributed by atoms with Crippen LogP contribution in [0.1, 0.15) is 12.8 Å². The van der Waals surface area contributed by atoms with Crippen molar-refractivity contribution in [1.29, 1.82) is 0 Å². The molecule has 82 valence electrons. The Balaban J connectivity index is 1.82. The number of alkyl halides is 1. The van der Waals surface area contributed by atoms with Gasteiger partial charge in [0.25, 0.3) is 0 Å². The Kier molecular flexibility index (Phi) is 2.60. The molecule has 2 aromatic carbocycles. The minimum absolute atomic E-state index is 0.394. The number of rotatable bonds is 2. The summed E-state index contributed by atoms with van der Waals surface area (Å²) in [5.41, 5.74) is 0. The van der Waals surface area contributed by atoms with Crippen LogP contribution >= 0.6 is 15.9 Å². The highest BCUT2D eigenvalue weighted by atomic mass is 79.9. The maximum atomic E-state index is 5.90. The quantitative estimate of drug-likeness (QED) is 0.749. The van der Waals surface area contributed by atoms with Gasteiger partial charge in [0.15, 0.2) is 0 Å². The molecule has 0 aromatic heterocycles. The van der Waals surface area contributed by atoms with Gasteiger partial charge in [0.2, 0.25) is 0 Å². The van der Waals surface area contributed by atoms with Crippen molar-refractivity contribution < 1.29 is 4.74 Å². The van der Waals surface area contributed by atoms with Crippen LogP contribution in [0.2, 0.25) is 0 Å². The third kappa shape index (κ3) is 1.94. The van der Waals surface area contributed by atoms with Crippen LogP contribution < -0.4 is 4.74 Å². The largest absolute Gasteiger partial charge is 0.490 e. The van der Waals surface area contributed by atoms with E-state index >= 15 is 0 Å². The van der Waals surface area contributed by atoms with Crippen LogP contribution in [0.4, 0.5) is 0 Å². The molecule has 0 radical (unpaired) electrons.